The lowest BCUT2D eigenvalue weighted by atomic mass is 9.90. The van der Waals surface area contributed by atoms with Crippen LogP contribution >= 0.6 is 0 Å². The fraction of sp³-hybridized carbons (Fsp3) is 0.300. The third kappa shape index (κ3) is 2.94. The summed E-state index contributed by atoms with van der Waals surface area (Å²) in [6, 6.07) is 10.1. The van der Waals surface area contributed by atoms with Crippen molar-refractivity contribution in [2.24, 2.45) is 12.8 Å². The van der Waals surface area contributed by atoms with Crippen molar-refractivity contribution in [2.45, 2.75) is 18.8 Å². The Morgan fingerprint density at radius 2 is 1.85 bits per heavy atom. The molecule has 1 aliphatic heterocycles. The van der Waals surface area contributed by atoms with Gasteiger partial charge in [0, 0.05) is 7.05 Å². The van der Waals surface area contributed by atoms with Crippen LogP contribution in [0.3, 0.4) is 0 Å². The van der Waals surface area contributed by atoms with E-state index in [1.807, 2.05) is 24.3 Å². The summed E-state index contributed by atoms with van der Waals surface area (Å²) in [4.78, 5) is 24.7. The number of hydrogen-bond acceptors (Lipinski definition) is 3. The topological polar surface area (TPSA) is 82.1 Å². The molecular weight excluding hydrogens is 347 g/mol. The second-order valence-electron chi connectivity index (χ2n) is 6.97. The third-order valence-corrected chi connectivity index (χ3v) is 5.35. The number of piperidine rings is 1. The Balaban J connectivity index is 1.83. The van der Waals surface area contributed by atoms with Crippen molar-refractivity contribution < 1.29 is 9.18 Å². The van der Waals surface area contributed by atoms with Crippen LogP contribution in [0.5, 0.6) is 0 Å². The van der Waals surface area contributed by atoms with E-state index in [2.05, 4.69) is 5.32 Å². The maximum Gasteiger partial charge on any atom is 0.280 e. The zero-order chi connectivity index (χ0) is 19.1. The second kappa shape index (κ2) is 6.66. The molecule has 3 N–H and O–H groups in total. The van der Waals surface area contributed by atoms with Gasteiger partial charge in [-0.3, -0.25) is 14.3 Å². The molecule has 3 aromatic rings. The molecule has 4 rings (SSSR count). The molecule has 1 saturated heterocycles. The summed E-state index contributed by atoms with van der Waals surface area (Å²) < 4.78 is 16.9. The first-order valence-corrected chi connectivity index (χ1v) is 8.99. The maximum absolute atomic E-state index is 13.9. The fourth-order valence-electron chi connectivity index (χ4n) is 3.95. The lowest BCUT2D eigenvalue weighted by molar-refractivity contribution is 0.100. The van der Waals surface area contributed by atoms with Crippen LogP contribution in [0.15, 0.2) is 41.2 Å². The average molecular weight is 368 g/mol. The Kier molecular flexibility index (Phi) is 4.31. The first-order valence-electron chi connectivity index (χ1n) is 8.99. The number of nitrogens with one attached hydrogen (secondary N) is 1. The average Bonchev–Trinajstić information content (AvgIpc) is 2.92. The van der Waals surface area contributed by atoms with E-state index in [9.17, 15) is 14.0 Å². The van der Waals surface area contributed by atoms with Gasteiger partial charge in [-0.2, -0.15) is 0 Å². The van der Waals surface area contributed by atoms with Crippen LogP contribution in [0, 0.1) is 5.82 Å². The zero-order valence-corrected chi connectivity index (χ0v) is 15.0. The number of nitrogens with zero attached hydrogens (tertiary/aromatic N) is 2. The van der Waals surface area contributed by atoms with Gasteiger partial charge in [0.1, 0.15) is 5.82 Å². The molecule has 7 heteroatoms. The molecule has 0 bridgehead atoms. The molecule has 0 aliphatic carbocycles. The van der Waals surface area contributed by atoms with Gasteiger partial charge in [0.2, 0.25) is 5.91 Å². The summed E-state index contributed by atoms with van der Waals surface area (Å²) in [6.07, 6.45) is 2.18. The molecule has 2 heterocycles. The number of aryl methyl sites for hydroxylation is 1. The maximum atomic E-state index is 13.9. The summed E-state index contributed by atoms with van der Waals surface area (Å²) in [5.41, 5.74) is 7.09. The molecule has 1 aliphatic rings. The number of aromatic nitrogens is 2. The predicted molar refractivity (Wildman–Crippen MR) is 102 cm³/mol. The number of rotatable bonds is 3. The summed E-state index contributed by atoms with van der Waals surface area (Å²) in [5.74, 6) is -0.916. The van der Waals surface area contributed by atoms with Crippen molar-refractivity contribution in [2.75, 3.05) is 13.1 Å². The van der Waals surface area contributed by atoms with E-state index in [0.717, 1.165) is 32.0 Å². The number of benzene rings is 2. The molecule has 0 saturated carbocycles. The lowest BCUT2D eigenvalue weighted by Crippen LogP contribution is -2.26. The smallest absolute Gasteiger partial charge is 0.280 e. The first kappa shape index (κ1) is 17.5. The molecule has 0 spiro atoms. The minimum atomic E-state index is -0.824. The molecule has 27 heavy (non-hydrogen) atoms. The van der Waals surface area contributed by atoms with Gasteiger partial charge >= 0.3 is 0 Å². The molecule has 1 fully saturated rings. The molecule has 6 nitrogen and oxygen atoms in total. The van der Waals surface area contributed by atoms with Crippen molar-refractivity contribution >= 4 is 16.8 Å². The Morgan fingerprint density at radius 3 is 2.48 bits per heavy atom. The van der Waals surface area contributed by atoms with Crippen LogP contribution in [0.4, 0.5) is 4.39 Å². The third-order valence-electron chi connectivity index (χ3n) is 5.35. The first-order chi connectivity index (χ1) is 13.0. The van der Waals surface area contributed by atoms with Gasteiger partial charge in [0.25, 0.3) is 5.56 Å². The molecule has 0 atom stereocenters. The summed E-state index contributed by atoms with van der Waals surface area (Å²) in [6.45, 7) is 2.02. The highest BCUT2D eigenvalue weighted by molar-refractivity contribution is 6.05. The number of primary amides is 1. The summed E-state index contributed by atoms with van der Waals surface area (Å²) in [5, 5.41) is 3.49. The molecule has 2 aromatic carbocycles. The van der Waals surface area contributed by atoms with Crippen LogP contribution in [0.1, 0.15) is 34.7 Å². The number of carbonyl (C=O) groups is 1. The van der Waals surface area contributed by atoms with E-state index < -0.39 is 17.3 Å². The molecule has 1 aromatic heterocycles. The van der Waals surface area contributed by atoms with Crippen molar-refractivity contribution in [1.29, 1.82) is 0 Å². The van der Waals surface area contributed by atoms with E-state index in [1.54, 1.807) is 11.7 Å². The van der Waals surface area contributed by atoms with Crippen molar-refractivity contribution in [3.8, 4) is 5.69 Å². The number of hydrogen-bond donors (Lipinski definition) is 2. The van der Waals surface area contributed by atoms with E-state index in [4.69, 9.17) is 5.73 Å². The van der Waals surface area contributed by atoms with Gasteiger partial charge in [-0.25, -0.2) is 9.07 Å². The van der Waals surface area contributed by atoms with Crippen LogP contribution in [-0.4, -0.2) is 28.4 Å². The molecule has 0 radical (unpaired) electrons. The van der Waals surface area contributed by atoms with Crippen LogP contribution in [0.2, 0.25) is 0 Å². The van der Waals surface area contributed by atoms with E-state index >= 15 is 0 Å². The number of carbonyl (C=O) groups excluding carboxylic acids is 1. The normalized spacial score (nSPS) is 15.3. The van der Waals surface area contributed by atoms with E-state index in [-0.39, 0.29) is 10.9 Å². The highest BCUT2D eigenvalue weighted by Gasteiger charge is 2.20. The van der Waals surface area contributed by atoms with Crippen molar-refractivity contribution in [3.63, 3.8) is 0 Å². The number of fused-ring (bicyclic) bond motifs is 1. The van der Waals surface area contributed by atoms with Gasteiger partial charge in [0.05, 0.1) is 22.2 Å². The van der Waals surface area contributed by atoms with Crippen LogP contribution in [-0.2, 0) is 7.05 Å². The fourth-order valence-corrected chi connectivity index (χ4v) is 3.95. The van der Waals surface area contributed by atoms with Crippen molar-refractivity contribution in [1.82, 2.24) is 14.7 Å². The van der Waals surface area contributed by atoms with Gasteiger partial charge < -0.3 is 11.1 Å². The minimum absolute atomic E-state index is 0.101. The quantitative estimate of drug-likeness (QED) is 0.742. The zero-order valence-electron chi connectivity index (χ0n) is 15.0. The Bertz CT molecular complexity index is 1080. The molecular formula is C20H21FN4O2. The monoisotopic (exact) mass is 368 g/mol. The Hall–Kier alpha value is -2.93. The molecule has 1 amide bonds. The van der Waals surface area contributed by atoms with Gasteiger partial charge in [0.15, 0.2) is 0 Å². The van der Waals surface area contributed by atoms with Crippen molar-refractivity contribution in [3.05, 3.63) is 63.7 Å². The highest BCUT2D eigenvalue weighted by Crippen LogP contribution is 2.26. The number of nitrogens with two attached hydrogens (primary N) is 1. The van der Waals surface area contributed by atoms with Gasteiger partial charge in [-0.1, -0.05) is 12.1 Å². The SMILES string of the molecule is Cn1c2cc(F)cc(C(N)=O)c2c(=O)n1-c1ccc(C2CCNCC2)cc1. The Labute approximate surface area is 155 Å². The minimum Gasteiger partial charge on any atom is -0.366 e. The number of amides is 1. The predicted octanol–water partition coefficient (Wildman–Crippen LogP) is 2.03. The second-order valence-corrected chi connectivity index (χ2v) is 6.97. The summed E-state index contributed by atoms with van der Waals surface area (Å²) in [7, 11) is 1.66. The largest absolute Gasteiger partial charge is 0.366 e. The van der Waals surface area contributed by atoms with Gasteiger partial charge in [-0.05, 0) is 61.7 Å². The van der Waals surface area contributed by atoms with Crippen LogP contribution < -0.4 is 16.6 Å². The Morgan fingerprint density at radius 1 is 1.19 bits per heavy atom. The van der Waals surface area contributed by atoms with Crippen LogP contribution in [0.25, 0.3) is 16.6 Å². The number of halogens is 1. The molecule has 0 unspecified atom stereocenters. The lowest BCUT2D eigenvalue weighted by Gasteiger charge is -2.23. The standard InChI is InChI=1S/C20H21FN4O2/c1-24-17-11-14(21)10-16(19(22)26)18(17)20(27)25(24)15-4-2-12(3-5-15)13-6-8-23-9-7-13/h2-5,10-11,13,23H,6-9H2,1H3,(H2,22,26). The van der Waals surface area contributed by atoms with E-state index in [0.29, 0.717) is 17.1 Å². The highest BCUT2D eigenvalue weighted by atomic mass is 19.1. The van der Waals surface area contributed by atoms with E-state index in [1.165, 1.54) is 16.3 Å². The summed E-state index contributed by atoms with van der Waals surface area (Å²) >= 11 is 0. The van der Waals surface area contributed by atoms with Gasteiger partial charge in [-0.15, -0.1) is 0 Å². The molecule has 140 valence electrons.